The Labute approximate surface area is 71.1 Å². The van der Waals surface area contributed by atoms with Gasteiger partial charge in [-0.3, -0.25) is 0 Å². The first kappa shape index (κ1) is 12.7. The normalized spacial score (nSPS) is 10.7. The zero-order chi connectivity index (χ0) is 6.62. The molecule has 0 aromatic heterocycles. The van der Waals surface area contributed by atoms with Crippen molar-refractivity contribution in [1.82, 2.24) is 0 Å². The van der Waals surface area contributed by atoms with Gasteiger partial charge in [-0.1, -0.05) is 0 Å². The van der Waals surface area contributed by atoms with E-state index in [2.05, 4.69) is 17.1 Å². The average Bonchev–Trinajstić information content (AvgIpc) is 1.59. The van der Waals surface area contributed by atoms with Gasteiger partial charge in [0.2, 0.25) is 0 Å². The summed E-state index contributed by atoms with van der Waals surface area (Å²) in [5.74, 6) is 0. The molecule has 3 heteroatoms. The van der Waals surface area contributed by atoms with Gasteiger partial charge in [-0.15, -0.1) is 0 Å². The van der Waals surface area contributed by atoms with E-state index in [1.165, 1.54) is 5.21 Å². The molecule has 0 fully saturated rings. The third kappa shape index (κ3) is 12.2. The van der Waals surface area contributed by atoms with Crippen molar-refractivity contribution < 1.29 is 22.1 Å². The maximum Gasteiger partial charge on any atom is -1.00 e. The standard InChI is InChI=1S/C6H16AsO.BrH/c1-7(2,3)5-4-6-8;/h8H,4-6H2,1-3H3;1H/q+1;/p-1. The van der Waals surface area contributed by atoms with Crippen molar-refractivity contribution in [3.05, 3.63) is 0 Å². The monoisotopic (exact) mass is 258 g/mol. The van der Waals surface area contributed by atoms with Crippen LogP contribution >= 0.6 is 0 Å². The van der Waals surface area contributed by atoms with E-state index in [-0.39, 0.29) is 17.0 Å². The number of aliphatic hydroxyl groups excluding tert-OH is 1. The Hall–Kier alpha value is 0.998. The largest absolute Gasteiger partial charge is 1.00 e. The van der Waals surface area contributed by atoms with E-state index in [1.807, 2.05) is 0 Å². The first-order valence-corrected chi connectivity index (χ1v) is 9.93. The molecule has 0 saturated heterocycles. The minimum atomic E-state index is -1.13. The smallest absolute Gasteiger partial charge is 1.00 e. The molecule has 0 saturated carbocycles. The van der Waals surface area contributed by atoms with Crippen LogP contribution in [0.3, 0.4) is 0 Å². The van der Waals surface area contributed by atoms with E-state index < -0.39 is 13.6 Å². The topological polar surface area (TPSA) is 20.2 Å². The van der Waals surface area contributed by atoms with Crippen LogP contribution in [0.5, 0.6) is 0 Å². The summed E-state index contributed by atoms with van der Waals surface area (Å²) in [5.41, 5.74) is 7.07. The maximum absolute atomic E-state index is 8.46. The van der Waals surface area contributed by atoms with Gasteiger partial charge in [0, 0.05) is 0 Å². The van der Waals surface area contributed by atoms with Crippen LogP contribution in [-0.4, -0.2) is 25.3 Å². The first-order chi connectivity index (χ1) is 3.56. The van der Waals surface area contributed by atoms with E-state index in [1.54, 1.807) is 0 Å². The number of rotatable bonds is 3. The SMILES string of the molecule is C[As+](C)(C)CCCO.[Br-]. The van der Waals surface area contributed by atoms with E-state index in [0.717, 1.165) is 6.42 Å². The van der Waals surface area contributed by atoms with Gasteiger partial charge in [0.1, 0.15) is 0 Å². The van der Waals surface area contributed by atoms with E-state index in [0.29, 0.717) is 6.61 Å². The summed E-state index contributed by atoms with van der Waals surface area (Å²) >= 11 is -1.13. The Balaban J connectivity index is 0. The summed E-state index contributed by atoms with van der Waals surface area (Å²) in [6, 6.07) is 0. The minimum Gasteiger partial charge on any atom is -1.00 e. The van der Waals surface area contributed by atoms with Crippen LogP contribution in [0.4, 0.5) is 0 Å². The Morgan fingerprint density at radius 3 is 1.78 bits per heavy atom. The third-order valence-corrected chi connectivity index (χ3v) is 4.47. The number of halogens is 1. The molecule has 0 aliphatic heterocycles. The van der Waals surface area contributed by atoms with E-state index in [4.69, 9.17) is 5.11 Å². The molecule has 0 aromatic rings. The van der Waals surface area contributed by atoms with Crippen molar-refractivity contribution in [1.29, 1.82) is 0 Å². The number of hydrogen-bond acceptors (Lipinski definition) is 1. The zero-order valence-electron chi connectivity index (χ0n) is 6.39. The molecule has 0 heterocycles. The quantitative estimate of drug-likeness (QED) is 0.625. The van der Waals surface area contributed by atoms with E-state index in [9.17, 15) is 0 Å². The van der Waals surface area contributed by atoms with Crippen LogP contribution in [-0.2, 0) is 0 Å². The van der Waals surface area contributed by atoms with Crippen LogP contribution in [0.1, 0.15) is 6.42 Å². The second kappa shape index (κ2) is 5.76. The summed E-state index contributed by atoms with van der Waals surface area (Å²) in [7, 11) is 0. The van der Waals surface area contributed by atoms with E-state index >= 15 is 0 Å². The van der Waals surface area contributed by atoms with Crippen LogP contribution < -0.4 is 17.0 Å². The summed E-state index contributed by atoms with van der Waals surface area (Å²) in [5, 5.41) is 9.74. The summed E-state index contributed by atoms with van der Waals surface area (Å²) in [6.07, 6.45) is 1.01. The van der Waals surface area contributed by atoms with Crippen LogP contribution in [0.25, 0.3) is 0 Å². The number of hydrogen-bond donors (Lipinski definition) is 1. The molecule has 1 N–H and O–H groups in total. The van der Waals surface area contributed by atoms with Crippen molar-refractivity contribution in [2.75, 3.05) is 6.61 Å². The predicted octanol–water partition coefficient (Wildman–Crippen LogP) is -1.29. The Kier molecular flexibility index (Phi) is 8.10. The Bertz CT molecular complexity index is 60.6. The fourth-order valence-corrected chi connectivity index (χ4v) is 2.83. The predicted molar refractivity (Wildman–Crippen MR) is 39.9 cm³/mol. The molecule has 0 atom stereocenters. The second-order valence-corrected chi connectivity index (χ2v) is 13.6. The molecule has 0 spiro atoms. The van der Waals surface area contributed by atoms with Crippen molar-refractivity contribution in [2.24, 2.45) is 0 Å². The summed E-state index contributed by atoms with van der Waals surface area (Å²) in [4.78, 5) is 0. The zero-order valence-corrected chi connectivity index (χ0v) is 9.86. The molecule has 9 heavy (non-hydrogen) atoms. The van der Waals surface area contributed by atoms with Crippen molar-refractivity contribution >= 4 is 13.6 Å². The molecular weight excluding hydrogens is 243 g/mol. The van der Waals surface area contributed by atoms with Gasteiger partial charge in [-0.2, -0.15) is 0 Å². The molecule has 0 bridgehead atoms. The van der Waals surface area contributed by atoms with Crippen LogP contribution in [0.2, 0.25) is 22.3 Å². The fourth-order valence-electron chi connectivity index (χ4n) is 0.545. The van der Waals surface area contributed by atoms with Crippen molar-refractivity contribution in [3.8, 4) is 0 Å². The van der Waals surface area contributed by atoms with Crippen molar-refractivity contribution in [3.63, 3.8) is 0 Å². The third-order valence-electron chi connectivity index (χ3n) is 0.987. The van der Waals surface area contributed by atoms with Gasteiger partial charge in [0.15, 0.2) is 0 Å². The van der Waals surface area contributed by atoms with Gasteiger partial charge in [-0.25, -0.2) is 0 Å². The van der Waals surface area contributed by atoms with Gasteiger partial charge in [0.05, 0.1) is 0 Å². The maximum atomic E-state index is 8.46. The molecule has 0 rings (SSSR count). The molecule has 0 unspecified atom stereocenters. The molecule has 58 valence electrons. The van der Waals surface area contributed by atoms with Gasteiger partial charge in [0.25, 0.3) is 0 Å². The fraction of sp³-hybridized carbons (Fsp3) is 1.00. The van der Waals surface area contributed by atoms with Crippen LogP contribution in [0, 0.1) is 0 Å². The average molecular weight is 259 g/mol. The summed E-state index contributed by atoms with van der Waals surface area (Å²) < 4.78 is 0. The van der Waals surface area contributed by atoms with Gasteiger partial charge in [-0.05, 0) is 0 Å². The Morgan fingerprint density at radius 1 is 1.22 bits per heavy atom. The molecule has 0 aliphatic rings. The Morgan fingerprint density at radius 2 is 1.67 bits per heavy atom. The number of aliphatic hydroxyl groups is 1. The summed E-state index contributed by atoms with van der Waals surface area (Å²) in [6.45, 7) is 0.374. The van der Waals surface area contributed by atoms with Crippen molar-refractivity contribution in [2.45, 2.75) is 28.8 Å². The molecule has 1 nitrogen and oxygen atoms in total. The second-order valence-electron chi connectivity index (χ2n) is 3.09. The molecule has 0 amide bonds. The van der Waals surface area contributed by atoms with Gasteiger partial charge >= 0.3 is 54.0 Å². The van der Waals surface area contributed by atoms with Gasteiger partial charge < -0.3 is 17.0 Å². The first-order valence-electron chi connectivity index (χ1n) is 2.97. The molecule has 0 radical (unpaired) electrons. The molecule has 0 aromatic carbocycles. The molecular formula is C6H16AsBrO. The minimum absolute atomic E-state index is 0. The molecule has 0 aliphatic carbocycles. The van der Waals surface area contributed by atoms with Crippen LogP contribution in [0.15, 0.2) is 0 Å².